The highest BCUT2D eigenvalue weighted by atomic mass is 14.9. The van der Waals surface area contributed by atoms with Crippen molar-refractivity contribution in [3.05, 3.63) is 48.6 Å². The minimum atomic E-state index is 0.583. The molecule has 0 saturated carbocycles. The predicted molar refractivity (Wildman–Crippen MR) is 76.0 cm³/mol. The lowest BCUT2D eigenvalue weighted by molar-refractivity contribution is 0.461. The van der Waals surface area contributed by atoms with Crippen molar-refractivity contribution >= 4 is 0 Å². The van der Waals surface area contributed by atoms with Crippen LogP contribution in [0.5, 0.6) is 0 Å². The molecule has 1 aromatic rings. The van der Waals surface area contributed by atoms with Gasteiger partial charge in [0.15, 0.2) is 0 Å². The van der Waals surface area contributed by atoms with Gasteiger partial charge in [-0.1, -0.05) is 62.6 Å². The first-order valence-electron chi connectivity index (χ1n) is 6.75. The van der Waals surface area contributed by atoms with Gasteiger partial charge in [0.05, 0.1) is 0 Å². The van der Waals surface area contributed by atoms with Gasteiger partial charge in [-0.25, -0.2) is 0 Å². The topological polar surface area (TPSA) is 12.0 Å². The van der Waals surface area contributed by atoms with Crippen LogP contribution in [-0.4, -0.2) is 6.04 Å². The maximum atomic E-state index is 3.84. The van der Waals surface area contributed by atoms with E-state index in [0.29, 0.717) is 6.04 Å². The molecule has 0 radical (unpaired) electrons. The van der Waals surface area contributed by atoms with E-state index >= 15 is 0 Å². The van der Waals surface area contributed by atoms with Crippen LogP contribution in [0.1, 0.15) is 44.6 Å². The van der Waals surface area contributed by atoms with Gasteiger partial charge in [0.1, 0.15) is 0 Å². The molecule has 94 valence electrons. The van der Waals surface area contributed by atoms with Crippen molar-refractivity contribution in [2.75, 3.05) is 0 Å². The Labute approximate surface area is 106 Å². The highest BCUT2D eigenvalue weighted by Gasteiger charge is 2.05. The third-order valence-corrected chi connectivity index (χ3v) is 3.05. The lowest BCUT2D eigenvalue weighted by Gasteiger charge is -2.17. The summed E-state index contributed by atoms with van der Waals surface area (Å²) in [5.74, 6) is 0. The SMILES string of the molecule is C=CC[C@H](CCCCC)NCc1ccccc1. The van der Waals surface area contributed by atoms with Gasteiger partial charge < -0.3 is 5.32 Å². The molecule has 1 atom stereocenters. The summed E-state index contributed by atoms with van der Waals surface area (Å²) in [4.78, 5) is 0. The Balaban J connectivity index is 2.30. The molecule has 0 fully saturated rings. The van der Waals surface area contributed by atoms with E-state index in [1.54, 1.807) is 0 Å². The summed E-state index contributed by atoms with van der Waals surface area (Å²) < 4.78 is 0. The van der Waals surface area contributed by atoms with Gasteiger partial charge in [-0.15, -0.1) is 6.58 Å². The van der Waals surface area contributed by atoms with E-state index in [-0.39, 0.29) is 0 Å². The van der Waals surface area contributed by atoms with Crippen LogP contribution in [-0.2, 0) is 6.54 Å². The average Bonchev–Trinajstić information content (AvgIpc) is 2.37. The maximum absolute atomic E-state index is 3.84. The number of nitrogens with one attached hydrogen (secondary N) is 1. The molecule has 0 saturated heterocycles. The van der Waals surface area contributed by atoms with Crippen LogP contribution < -0.4 is 5.32 Å². The second-order valence-corrected chi connectivity index (χ2v) is 4.58. The van der Waals surface area contributed by atoms with Crippen molar-refractivity contribution < 1.29 is 0 Å². The van der Waals surface area contributed by atoms with Gasteiger partial charge in [-0.05, 0) is 18.4 Å². The fourth-order valence-corrected chi connectivity index (χ4v) is 2.00. The fourth-order valence-electron chi connectivity index (χ4n) is 2.00. The summed E-state index contributed by atoms with van der Waals surface area (Å²) in [7, 11) is 0. The van der Waals surface area contributed by atoms with E-state index in [1.807, 2.05) is 6.08 Å². The standard InChI is InChI=1S/C16H25N/c1-3-5-7-13-16(10-4-2)17-14-15-11-8-6-9-12-15/h4,6,8-9,11-12,16-17H,2-3,5,7,10,13-14H2,1H3/t16-/m1/s1. The van der Waals surface area contributed by atoms with E-state index < -0.39 is 0 Å². The molecule has 1 nitrogen and oxygen atoms in total. The van der Waals surface area contributed by atoms with Gasteiger partial charge >= 0.3 is 0 Å². The van der Waals surface area contributed by atoms with Crippen molar-refractivity contribution in [1.82, 2.24) is 5.32 Å². The largest absolute Gasteiger partial charge is 0.310 e. The first kappa shape index (κ1) is 14.0. The Hall–Kier alpha value is -1.08. The summed E-state index contributed by atoms with van der Waals surface area (Å²) in [5, 5.41) is 3.62. The summed E-state index contributed by atoms with van der Waals surface area (Å²) in [6, 6.07) is 11.2. The summed E-state index contributed by atoms with van der Waals surface area (Å²) in [6.45, 7) is 7.06. The molecule has 1 N–H and O–H groups in total. The van der Waals surface area contributed by atoms with Crippen molar-refractivity contribution in [3.63, 3.8) is 0 Å². The monoisotopic (exact) mass is 231 g/mol. The minimum Gasteiger partial charge on any atom is -0.310 e. The first-order chi connectivity index (χ1) is 8.36. The van der Waals surface area contributed by atoms with Crippen LogP contribution in [0.15, 0.2) is 43.0 Å². The molecule has 0 aromatic heterocycles. The van der Waals surface area contributed by atoms with Gasteiger partial charge in [0.25, 0.3) is 0 Å². The van der Waals surface area contributed by atoms with Crippen molar-refractivity contribution in [3.8, 4) is 0 Å². The summed E-state index contributed by atoms with van der Waals surface area (Å²) >= 11 is 0. The van der Waals surface area contributed by atoms with Crippen molar-refractivity contribution in [1.29, 1.82) is 0 Å². The average molecular weight is 231 g/mol. The normalized spacial score (nSPS) is 12.3. The Morgan fingerprint density at radius 1 is 1.24 bits per heavy atom. The van der Waals surface area contributed by atoms with E-state index in [9.17, 15) is 0 Å². The maximum Gasteiger partial charge on any atom is 0.0208 e. The molecular formula is C16H25N. The molecule has 0 bridgehead atoms. The lowest BCUT2D eigenvalue weighted by Crippen LogP contribution is -2.28. The molecule has 17 heavy (non-hydrogen) atoms. The molecule has 0 amide bonds. The number of hydrogen-bond donors (Lipinski definition) is 1. The minimum absolute atomic E-state index is 0.583. The van der Waals surface area contributed by atoms with Crippen molar-refractivity contribution in [2.45, 2.75) is 51.6 Å². The third-order valence-electron chi connectivity index (χ3n) is 3.05. The van der Waals surface area contributed by atoms with Crippen LogP contribution >= 0.6 is 0 Å². The van der Waals surface area contributed by atoms with Gasteiger partial charge in [0.2, 0.25) is 0 Å². The number of unbranched alkanes of at least 4 members (excludes halogenated alkanes) is 2. The van der Waals surface area contributed by atoms with E-state index in [1.165, 1.54) is 31.2 Å². The van der Waals surface area contributed by atoms with Crippen LogP contribution in [0.2, 0.25) is 0 Å². The zero-order chi connectivity index (χ0) is 12.3. The molecule has 1 aromatic carbocycles. The molecule has 0 aliphatic rings. The molecule has 0 spiro atoms. The first-order valence-corrected chi connectivity index (χ1v) is 6.75. The Morgan fingerprint density at radius 3 is 2.65 bits per heavy atom. The lowest BCUT2D eigenvalue weighted by atomic mass is 10.0. The highest BCUT2D eigenvalue weighted by Crippen LogP contribution is 2.08. The van der Waals surface area contributed by atoms with Crippen molar-refractivity contribution in [2.24, 2.45) is 0 Å². The molecule has 0 unspecified atom stereocenters. The third kappa shape index (κ3) is 6.28. The number of benzene rings is 1. The summed E-state index contributed by atoms with van der Waals surface area (Å²) in [5.41, 5.74) is 1.36. The predicted octanol–water partition coefficient (Wildman–Crippen LogP) is 4.30. The molecule has 1 rings (SSSR count). The number of hydrogen-bond acceptors (Lipinski definition) is 1. The number of rotatable bonds is 9. The zero-order valence-electron chi connectivity index (χ0n) is 11.0. The van der Waals surface area contributed by atoms with Gasteiger partial charge in [-0.2, -0.15) is 0 Å². The smallest absolute Gasteiger partial charge is 0.0208 e. The zero-order valence-corrected chi connectivity index (χ0v) is 11.0. The molecule has 0 aliphatic carbocycles. The Kier molecular flexibility index (Phi) is 7.40. The quantitative estimate of drug-likeness (QED) is 0.493. The van der Waals surface area contributed by atoms with Crippen LogP contribution in [0.25, 0.3) is 0 Å². The van der Waals surface area contributed by atoms with E-state index in [0.717, 1.165) is 13.0 Å². The molecule has 0 aliphatic heterocycles. The van der Waals surface area contributed by atoms with Crippen LogP contribution in [0.4, 0.5) is 0 Å². The second kappa shape index (κ2) is 9.00. The molecular weight excluding hydrogens is 206 g/mol. The second-order valence-electron chi connectivity index (χ2n) is 4.58. The van der Waals surface area contributed by atoms with E-state index in [4.69, 9.17) is 0 Å². The van der Waals surface area contributed by atoms with Gasteiger partial charge in [-0.3, -0.25) is 0 Å². The highest BCUT2D eigenvalue weighted by molar-refractivity contribution is 5.14. The van der Waals surface area contributed by atoms with Crippen LogP contribution in [0, 0.1) is 0 Å². The summed E-state index contributed by atoms with van der Waals surface area (Å²) in [6.07, 6.45) is 8.29. The Bertz CT molecular complexity index is 292. The van der Waals surface area contributed by atoms with Crippen LogP contribution in [0.3, 0.4) is 0 Å². The fraction of sp³-hybridized carbons (Fsp3) is 0.500. The molecule has 1 heteroatoms. The van der Waals surface area contributed by atoms with Gasteiger partial charge in [0, 0.05) is 12.6 Å². The molecule has 0 heterocycles. The Morgan fingerprint density at radius 2 is 2.00 bits per heavy atom. The van der Waals surface area contributed by atoms with E-state index in [2.05, 4.69) is 49.2 Å².